The summed E-state index contributed by atoms with van der Waals surface area (Å²) in [5.41, 5.74) is 3.26. The molecule has 2 aromatic carbocycles. The third kappa shape index (κ3) is 4.53. The lowest BCUT2D eigenvalue weighted by atomic mass is 10.1. The van der Waals surface area contributed by atoms with E-state index < -0.39 is 0 Å². The van der Waals surface area contributed by atoms with E-state index in [9.17, 15) is 4.79 Å². The van der Waals surface area contributed by atoms with Gasteiger partial charge in [0.15, 0.2) is 0 Å². The van der Waals surface area contributed by atoms with Gasteiger partial charge in [0.2, 0.25) is 5.91 Å². The average molecular weight is 358 g/mol. The maximum Gasteiger partial charge on any atom is 0.241 e. The van der Waals surface area contributed by atoms with Crippen LogP contribution in [0.1, 0.15) is 12.5 Å². The summed E-state index contributed by atoms with van der Waals surface area (Å²) in [6.45, 7) is 7.66. The first-order valence-corrected chi connectivity index (χ1v) is 9.03. The van der Waals surface area contributed by atoms with Gasteiger partial charge in [0, 0.05) is 42.6 Å². The maximum absolute atomic E-state index is 12.5. The molecule has 132 valence electrons. The molecule has 0 spiro atoms. The lowest BCUT2D eigenvalue weighted by molar-refractivity contribution is -0.120. The average Bonchev–Trinajstić information content (AvgIpc) is 2.62. The number of carbonyl (C=O) groups is 1. The first kappa shape index (κ1) is 17.8. The summed E-state index contributed by atoms with van der Waals surface area (Å²) in [6, 6.07) is 15.7. The first-order valence-electron chi connectivity index (χ1n) is 8.65. The van der Waals surface area contributed by atoms with Gasteiger partial charge >= 0.3 is 0 Å². The molecule has 25 heavy (non-hydrogen) atoms. The Labute approximate surface area is 154 Å². The van der Waals surface area contributed by atoms with Crippen molar-refractivity contribution in [3.05, 3.63) is 59.1 Å². The van der Waals surface area contributed by atoms with Crippen LogP contribution in [0.2, 0.25) is 5.02 Å². The first-order chi connectivity index (χ1) is 12.0. The highest BCUT2D eigenvalue weighted by Gasteiger charge is 2.25. The molecule has 1 atom stereocenters. The van der Waals surface area contributed by atoms with E-state index in [1.165, 1.54) is 11.3 Å². The normalized spacial score (nSPS) is 16.5. The Bertz CT molecular complexity index is 724. The topological polar surface area (TPSA) is 35.6 Å². The van der Waals surface area contributed by atoms with Gasteiger partial charge < -0.3 is 10.2 Å². The van der Waals surface area contributed by atoms with Gasteiger partial charge in [0.1, 0.15) is 0 Å². The summed E-state index contributed by atoms with van der Waals surface area (Å²) < 4.78 is 0. The number of nitrogens with one attached hydrogen (secondary N) is 1. The molecule has 3 rings (SSSR count). The van der Waals surface area contributed by atoms with Gasteiger partial charge in [-0.2, -0.15) is 0 Å². The highest BCUT2D eigenvalue weighted by molar-refractivity contribution is 6.30. The number of hydrogen-bond acceptors (Lipinski definition) is 3. The fraction of sp³-hybridized carbons (Fsp3) is 0.350. The molecule has 1 saturated heterocycles. The van der Waals surface area contributed by atoms with Crippen molar-refractivity contribution in [3.63, 3.8) is 0 Å². The Morgan fingerprint density at radius 1 is 1.08 bits per heavy atom. The summed E-state index contributed by atoms with van der Waals surface area (Å²) in [7, 11) is 0. The Morgan fingerprint density at radius 3 is 2.40 bits per heavy atom. The number of rotatable bonds is 4. The zero-order chi connectivity index (χ0) is 17.8. The molecule has 0 bridgehead atoms. The largest absolute Gasteiger partial charge is 0.369 e. The number of halogens is 1. The van der Waals surface area contributed by atoms with Gasteiger partial charge in [-0.3, -0.25) is 9.69 Å². The highest BCUT2D eigenvalue weighted by atomic mass is 35.5. The van der Waals surface area contributed by atoms with Gasteiger partial charge in [-0.1, -0.05) is 35.4 Å². The van der Waals surface area contributed by atoms with E-state index in [4.69, 9.17) is 11.6 Å². The van der Waals surface area contributed by atoms with Crippen LogP contribution in [0, 0.1) is 6.92 Å². The van der Waals surface area contributed by atoms with Crippen molar-refractivity contribution in [1.29, 1.82) is 0 Å². The second-order valence-electron chi connectivity index (χ2n) is 6.53. The number of hydrogen-bond donors (Lipinski definition) is 1. The quantitative estimate of drug-likeness (QED) is 0.904. The van der Waals surface area contributed by atoms with Crippen LogP contribution < -0.4 is 10.2 Å². The fourth-order valence-electron chi connectivity index (χ4n) is 3.10. The van der Waals surface area contributed by atoms with E-state index in [1.54, 1.807) is 12.1 Å². The molecule has 4 nitrogen and oxygen atoms in total. The SMILES string of the molecule is Cc1ccc(N2CCN([C@@H](C)C(=O)Nc3cccc(Cl)c3)CC2)cc1. The number of benzene rings is 2. The van der Waals surface area contributed by atoms with Crippen LogP contribution in [0.15, 0.2) is 48.5 Å². The molecule has 1 aliphatic rings. The molecule has 1 fully saturated rings. The number of amides is 1. The molecule has 0 aliphatic carbocycles. The third-order valence-corrected chi connectivity index (χ3v) is 4.97. The number of carbonyl (C=O) groups excluding carboxylic acids is 1. The molecular weight excluding hydrogens is 334 g/mol. The Hall–Kier alpha value is -2.04. The van der Waals surface area contributed by atoms with Gasteiger partial charge in [0.25, 0.3) is 0 Å². The summed E-state index contributed by atoms with van der Waals surface area (Å²) in [4.78, 5) is 17.1. The molecule has 5 heteroatoms. The van der Waals surface area contributed by atoms with Crippen molar-refractivity contribution in [2.24, 2.45) is 0 Å². The van der Waals surface area contributed by atoms with Gasteiger partial charge in [-0.25, -0.2) is 0 Å². The van der Waals surface area contributed by atoms with Gasteiger partial charge in [-0.15, -0.1) is 0 Å². The second kappa shape index (κ2) is 7.89. The lowest BCUT2D eigenvalue weighted by Gasteiger charge is -2.38. The highest BCUT2D eigenvalue weighted by Crippen LogP contribution is 2.19. The number of piperazine rings is 1. The van der Waals surface area contributed by atoms with E-state index in [-0.39, 0.29) is 11.9 Å². The number of nitrogens with zero attached hydrogens (tertiary/aromatic N) is 2. The second-order valence-corrected chi connectivity index (χ2v) is 6.97. The molecular formula is C20H24ClN3O. The molecule has 1 aliphatic heterocycles. The monoisotopic (exact) mass is 357 g/mol. The van der Waals surface area contributed by atoms with Gasteiger partial charge in [0.05, 0.1) is 6.04 Å². The van der Waals surface area contributed by atoms with E-state index in [2.05, 4.69) is 46.3 Å². The zero-order valence-corrected chi connectivity index (χ0v) is 15.5. The Morgan fingerprint density at radius 2 is 1.76 bits per heavy atom. The lowest BCUT2D eigenvalue weighted by Crippen LogP contribution is -2.52. The van der Waals surface area contributed by atoms with Crippen LogP contribution in [0.4, 0.5) is 11.4 Å². The molecule has 0 unspecified atom stereocenters. The molecule has 0 saturated carbocycles. The van der Waals surface area contributed by atoms with Crippen LogP contribution in [0.25, 0.3) is 0 Å². The van der Waals surface area contributed by atoms with Crippen molar-refractivity contribution < 1.29 is 4.79 Å². The predicted octanol–water partition coefficient (Wildman–Crippen LogP) is 3.80. The van der Waals surface area contributed by atoms with Crippen LogP contribution in [0.5, 0.6) is 0 Å². The third-order valence-electron chi connectivity index (χ3n) is 4.73. The van der Waals surface area contributed by atoms with E-state index in [1.807, 2.05) is 19.1 Å². The summed E-state index contributed by atoms with van der Waals surface area (Å²) in [5, 5.41) is 3.57. The minimum Gasteiger partial charge on any atom is -0.369 e. The van der Waals surface area contributed by atoms with Crippen LogP contribution in [0.3, 0.4) is 0 Å². The molecule has 1 amide bonds. The molecule has 0 radical (unpaired) electrons. The Kier molecular flexibility index (Phi) is 5.61. The summed E-state index contributed by atoms with van der Waals surface area (Å²) >= 11 is 5.97. The Balaban J connectivity index is 1.54. The zero-order valence-electron chi connectivity index (χ0n) is 14.7. The van der Waals surface area contributed by atoms with Crippen LogP contribution in [-0.2, 0) is 4.79 Å². The van der Waals surface area contributed by atoms with Crippen molar-refractivity contribution in [2.75, 3.05) is 36.4 Å². The minimum absolute atomic E-state index is 0.00560. The van der Waals surface area contributed by atoms with E-state index in [0.29, 0.717) is 5.02 Å². The van der Waals surface area contributed by atoms with Crippen molar-refractivity contribution in [1.82, 2.24) is 4.90 Å². The van der Waals surface area contributed by atoms with E-state index >= 15 is 0 Å². The van der Waals surface area contributed by atoms with Crippen molar-refractivity contribution in [3.8, 4) is 0 Å². The van der Waals surface area contributed by atoms with Crippen LogP contribution >= 0.6 is 11.6 Å². The fourth-order valence-corrected chi connectivity index (χ4v) is 3.29. The number of aryl methyl sites for hydroxylation is 1. The molecule has 2 aromatic rings. The van der Waals surface area contributed by atoms with Gasteiger partial charge in [-0.05, 0) is 44.2 Å². The smallest absolute Gasteiger partial charge is 0.241 e. The number of anilines is 2. The van der Waals surface area contributed by atoms with Crippen molar-refractivity contribution >= 4 is 28.9 Å². The molecule has 1 heterocycles. The van der Waals surface area contributed by atoms with E-state index in [0.717, 1.165) is 31.9 Å². The summed E-state index contributed by atoms with van der Waals surface area (Å²) in [6.07, 6.45) is 0. The maximum atomic E-state index is 12.5. The molecule has 1 N–H and O–H groups in total. The summed E-state index contributed by atoms with van der Waals surface area (Å²) in [5.74, 6) is 0.00560. The van der Waals surface area contributed by atoms with Crippen molar-refractivity contribution in [2.45, 2.75) is 19.9 Å². The van der Waals surface area contributed by atoms with Crippen LogP contribution in [-0.4, -0.2) is 43.0 Å². The minimum atomic E-state index is -0.167. The standard InChI is InChI=1S/C20H24ClN3O/c1-15-6-8-19(9-7-15)24-12-10-23(11-13-24)16(2)20(25)22-18-5-3-4-17(21)14-18/h3-9,14,16H,10-13H2,1-2H3,(H,22,25)/t16-/m0/s1. The predicted molar refractivity (Wildman–Crippen MR) is 105 cm³/mol. The molecule has 0 aromatic heterocycles.